The molecule has 1 aromatic carbocycles. The average molecular weight is 325 g/mol. The topological polar surface area (TPSA) is 60.4 Å². The number of rotatable bonds is 4. The summed E-state index contributed by atoms with van der Waals surface area (Å²) in [6, 6.07) is 5.73. The molecular formula is C14H17ClN4OS. The zero-order valence-electron chi connectivity index (χ0n) is 11.7. The van der Waals surface area contributed by atoms with Crippen LogP contribution in [0.4, 0.5) is 22.2 Å². The highest BCUT2D eigenvalue weighted by Crippen LogP contribution is 2.41. The molecule has 1 fully saturated rings. The first-order valence-corrected chi connectivity index (χ1v) is 8.02. The van der Waals surface area contributed by atoms with E-state index in [4.69, 9.17) is 11.6 Å². The van der Waals surface area contributed by atoms with Crippen LogP contribution < -0.4 is 15.7 Å². The van der Waals surface area contributed by atoms with Crippen molar-refractivity contribution in [3.05, 3.63) is 28.8 Å². The Labute approximate surface area is 132 Å². The summed E-state index contributed by atoms with van der Waals surface area (Å²) >= 11 is 7.55. The Morgan fingerprint density at radius 3 is 2.81 bits per heavy atom. The molecule has 3 rings (SSSR count). The van der Waals surface area contributed by atoms with E-state index >= 15 is 0 Å². The maximum absolute atomic E-state index is 9.29. The van der Waals surface area contributed by atoms with E-state index in [0.29, 0.717) is 10.8 Å². The van der Waals surface area contributed by atoms with Crippen LogP contribution in [0.3, 0.4) is 0 Å². The smallest absolute Gasteiger partial charge is 0.189 e. The normalized spacial score (nSPS) is 14.5. The Balaban J connectivity index is 1.96. The number of halogens is 1. The zero-order valence-corrected chi connectivity index (χ0v) is 13.3. The second kappa shape index (κ2) is 6.09. The van der Waals surface area contributed by atoms with Crippen LogP contribution in [0.1, 0.15) is 18.4 Å². The molecule has 0 saturated carbocycles. The molecule has 0 aliphatic carbocycles. The van der Waals surface area contributed by atoms with Crippen LogP contribution in [0.15, 0.2) is 18.2 Å². The first kappa shape index (κ1) is 14.4. The molecule has 2 heterocycles. The summed E-state index contributed by atoms with van der Waals surface area (Å²) in [6.45, 7) is 4.01. The van der Waals surface area contributed by atoms with Crippen molar-refractivity contribution in [2.45, 2.75) is 19.8 Å². The summed E-state index contributed by atoms with van der Waals surface area (Å²) in [6.07, 6.45) is 2.38. The van der Waals surface area contributed by atoms with E-state index in [9.17, 15) is 5.21 Å². The number of hydrogen-bond acceptors (Lipinski definition) is 6. The van der Waals surface area contributed by atoms with E-state index in [-0.39, 0.29) is 0 Å². The van der Waals surface area contributed by atoms with Gasteiger partial charge in [0.05, 0.1) is 0 Å². The molecule has 7 heteroatoms. The van der Waals surface area contributed by atoms with Crippen LogP contribution in [0.2, 0.25) is 5.02 Å². The van der Waals surface area contributed by atoms with Gasteiger partial charge >= 0.3 is 0 Å². The summed E-state index contributed by atoms with van der Waals surface area (Å²) in [7, 11) is 0. The molecule has 0 radical (unpaired) electrons. The van der Waals surface area contributed by atoms with Gasteiger partial charge in [-0.25, -0.2) is 5.48 Å². The molecule has 112 valence electrons. The molecule has 0 spiro atoms. The van der Waals surface area contributed by atoms with Gasteiger partial charge in [0.25, 0.3) is 0 Å². The molecule has 0 atom stereocenters. The first-order valence-electron chi connectivity index (χ1n) is 6.87. The van der Waals surface area contributed by atoms with Gasteiger partial charge in [0.15, 0.2) is 5.82 Å². The lowest BCUT2D eigenvalue weighted by Gasteiger charge is -2.18. The van der Waals surface area contributed by atoms with E-state index in [1.165, 1.54) is 24.4 Å². The number of hydrogen-bond donors (Lipinski definition) is 3. The maximum atomic E-state index is 9.29. The van der Waals surface area contributed by atoms with Gasteiger partial charge in [-0.1, -0.05) is 17.7 Å². The number of nitrogens with zero attached hydrogens (tertiary/aromatic N) is 2. The number of aromatic nitrogens is 1. The molecule has 1 aromatic heterocycles. The zero-order chi connectivity index (χ0) is 14.8. The molecule has 1 aliphatic rings. The summed E-state index contributed by atoms with van der Waals surface area (Å²) in [5, 5.41) is 14.4. The lowest BCUT2D eigenvalue weighted by molar-refractivity contribution is 0.387. The van der Waals surface area contributed by atoms with Gasteiger partial charge in [-0.05, 0) is 49.0 Å². The fourth-order valence-corrected chi connectivity index (χ4v) is 3.51. The molecule has 0 amide bonds. The van der Waals surface area contributed by atoms with Crippen LogP contribution in [-0.2, 0) is 0 Å². The highest BCUT2D eigenvalue weighted by atomic mass is 35.5. The number of nitrogens with one attached hydrogen (secondary N) is 2. The predicted octanol–water partition coefficient (Wildman–Crippen LogP) is 4.25. The van der Waals surface area contributed by atoms with Crippen molar-refractivity contribution in [3.8, 4) is 0 Å². The van der Waals surface area contributed by atoms with Crippen LogP contribution >= 0.6 is 23.1 Å². The second-order valence-electron chi connectivity index (χ2n) is 5.05. The minimum Gasteiger partial charge on any atom is -0.360 e. The Kier molecular flexibility index (Phi) is 4.19. The minimum absolute atomic E-state index is 0.446. The van der Waals surface area contributed by atoms with Crippen molar-refractivity contribution in [1.29, 1.82) is 0 Å². The van der Waals surface area contributed by atoms with Gasteiger partial charge in [-0.15, -0.1) is 0 Å². The first-order chi connectivity index (χ1) is 10.2. The van der Waals surface area contributed by atoms with E-state index in [2.05, 4.69) is 20.1 Å². The third kappa shape index (κ3) is 2.79. The van der Waals surface area contributed by atoms with Gasteiger partial charge in [0.1, 0.15) is 10.7 Å². The molecule has 1 aliphatic heterocycles. The fraction of sp³-hybridized carbons (Fsp3) is 0.357. The van der Waals surface area contributed by atoms with E-state index < -0.39 is 0 Å². The van der Waals surface area contributed by atoms with Gasteiger partial charge in [-0.2, -0.15) is 4.37 Å². The highest BCUT2D eigenvalue weighted by molar-refractivity contribution is 7.11. The van der Waals surface area contributed by atoms with Crippen molar-refractivity contribution < 1.29 is 5.21 Å². The van der Waals surface area contributed by atoms with E-state index in [0.717, 1.165) is 35.0 Å². The molecular weight excluding hydrogens is 308 g/mol. The molecule has 0 bridgehead atoms. The SMILES string of the molecule is Cc1c(Cl)cccc1Nc1c(NO)nsc1N1CCCC1. The second-order valence-corrected chi connectivity index (χ2v) is 6.21. The van der Waals surface area contributed by atoms with Gasteiger partial charge in [0.2, 0.25) is 0 Å². The average Bonchev–Trinajstić information content (AvgIpc) is 3.12. The van der Waals surface area contributed by atoms with Crippen molar-refractivity contribution >= 4 is 45.3 Å². The van der Waals surface area contributed by atoms with Crippen molar-refractivity contribution in [2.24, 2.45) is 0 Å². The summed E-state index contributed by atoms with van der Waals surface area (Å²) in [5.74, 6) is 0.446. The molecule has 21 heavy (non-hydrogen) atoms. The number of benzene rings is 1. The Morgan fingerprint density at radius 1 is 1.33 bits per heavy atom. The molecule has 1 saturated heterocycles. The van der Waals surface area contributed by atoms with Crippen LogP contribution in [0, 0.1) is 6.92 Å². The van der Waals surface area contributed by atoms with Gasteiger partial charge < -0.3 is 10.2 Å². The summed E-state index contributed by atoms with van der Waals surface area (Å²) < 4.78 is 4.27. The van der Waals surface area contributed by atoms with Crippen LogP contribution in [0.25, 0.3) is 0 Å². The third-order valence-corrected chi connectivity index (χ3v) is 5.02. The van der Waals surface area contributed by atoms with E-state index in [1.807, 2.05) is 25.1 Å². The standard InChI is InChI=1S/C14H17ClN4OS/c1-9-10(15)5-4-6-11(9)16-12-13(17-20)18-21-14(12)19-7-2-3-8-19/h4-6,16,20H,2-3,7-8H2,1H3,(H,17,18). The van der Waals surface area contributed by atoms with Crippen molar-refractivity contribution in [2.75, 3.05) is 28.8 Å². The lowest BCUT2D eigenvalue weighted by atomic mass is 10.2. The predicted molar refractivity (Wildman–Crippen MR) is 88.4 cm³/mol. The molecule has 3 N–H and O–H groups in total. The summed E-state index contributed by atoms with van der Waals surface area (Å²) in [4.78, 5) is 2.29. The van der Waals surface area contributed by atoms with Crippen molar-refractivity contribution in [3.63, 3.8) is 0 Å². The Hall–Kier alpha value is -1.50. The Morgan fingerprint density at radius 2 is 2.10 bits per heavy atom. The van der Waals surface area contributed by atoms with Crippen molar-refractivity contribution in [1.82, 2.24) is 4.37 Å². The molecule has 5 nitrogen and oxygen atoms in total. The largest absolute Gasteiger partial charge is 0.360 e. The third-order valence-electron chi connectivity index (χ3n) is 3.70. The monoisotopic (exact) mass is 324 g/mol. The van der Waals surface area contributed by atoms with Crippen LogP contribution in [-0.4, -0.2) is 22.7 Å². The highest BCUT2D eigenvalue weighted by Gasteiger charge is 2.22. The van der Waals surface area contributed by atoms with Gasteiger partial charge in [0, 0.05) is 23.8 Å². The fourth-order valence-electron chi connectivity index (χ4n) is 2.48. The minimum atomic E-state index is 0.446. The molecule has 2 aromatic rings. The van der Waals surface area contributed by atoms with Gasteiger partial charge in [-0.3, -0.25) is 5.21 Å². The quantitative estimate of drug-likeness (QED) is 0.734. The molecule has 0 unspecified atom stereocenters. The summed E-state index contributed by atoms with van der Waals surface area (Å²) in [5.41, 5.74) is 4.86. The lowest BCUT2D eigenvalue weighted by Crippen LogP contribution is -2.17. The van der Waals surface area contributed by atoms with E-state index in [1.54, 1.807) is 0 Å². The maximum Gasteiger partial charge on any atom is 0.189 e. The Bertz CT molecular complexity index is 640. The van der Waals surface area contributed by atoms with Crippen LogP contribution in [0.5, 0.6) is 0 Å². The number of anilines is 4.